The monoisotopic (exact) mass is 314 g/mol. The van der Waals surface area contributed by atoms with Gasteiger partial charge in [-0.05, 0) is 25.7 Å². The summed E-state index contributed by atoms with van der Waals surface area (Å²) in [5.74, 6) is -0.425. The third-order valence-corrected chi connectivity index (χ3v) is 7.37. The first-order chi connectivity index (χ1) is 9.89. The standard InChI is InChI=1S/C15H16F2O3S/c16-15(17)10-3-1-9(2-4-10)14(18)11-7-12-5-6-13(8-11)21(12,19)20/h1-4,11-13,15H,5-8H2. The predicted molar refractivity (Wildman–Crippen MR) is 74.2 cm³/mol. The fraction of sp³-hybridized carbons (Fsp3) is 0.533. The van der Waals surface area contributed by atoms with Crippen LogP contribution in [-0.4, -0.2) is 24.7 Å². The van der Waals surface area contributed by atoms with E-state index < -0.39 is 26.8 Å². The SMILES string of the molecule is O=C(c1ccc(C(F)F)cc1)C1CC2CCC(C1)S2(=O)=O. The van der Waals surface area contributed by atoms with Crippen LogP contribution >= 0.6 is 0 Å². The van der Waals surface area contributed by atoms with E-state index in [9.17, 15) is 22.0 Å². The highest BCUT2D eigenvalue weighted by Crippen LogP contribution is 2.42. The highest BCUT2D eigenvalue weighted by molar-refractivity contribution is 7.93. The molecule has 0 radical (unpaired) electrons. The maximum Gasteiger partial charge on any atom is 0.263 e. The maximum absolute atomic E-state index is 12.5. The van der Waals surface area contributed by atoms with Crippen molar-refractivity contribution in [3.63, 3.8) is 0 Å². The Morgan fingerprint density at radius 3 is 2.05 bits per heavy atom. The number of halogens is 2. The fourth-order valence-electron chi connectivity index (χ4n) is 3.45. The molecule has 0 spiro atoms. The van der Waals surface area contributed by atoms with Gasteiger partial charge in [-0.3, -0.25) is 4.79 Å². The van der Waals surface area contributed by atoms with Crippen LogP contribution in [0.1, 0.15) is 48.0 Å². The molecule has 1 aromatic carbocycles. The molecule has 0 saturated carbocycles. The summed E-state index contributed by atoms with van der Waals surface area (Å²) < 4.78 is 49.0. The Balaban J connectivity index is 1.78. The van der Waals surface area contributed by atoms with Crippen molar-refractivity contribution < 1.29 is 22.0 Å². The van der Waals surface area contributed by atoms with E-state index in [2.05, 4.69) is 0 Å². The van der Waals surface area contributed by atoms with Crippen LogP contribution < -0.4 is 0 Å². The Labute approximate surface area is 122 Å². The van der Waals surface area contributed by atoms with Gasteiger partial charge < -0.3 is 0 Å². The Morgan fingerprint density at radius 2 is 1.57 bits per heavy atom. The molecule has 2 aliphatic heterocycles. The number of ketones is 1. The highest BCUT2D eigenvalue weighted by atomic mass is 32.2. The van der Waals surface area contributed by atoms with Crippen LogP contribution in [0.2, 0.25) is 0 Å². The first-order valence-electron chi connectivity index (χ1n) is 7.04. The molecule has 2 saturated heterocycles. The van der Waals surface area contributed by atoms with Crippen LogP contribution in [-0.2, 0) is 9.84 Å². The largest absolute Gasteiger partial charge is 0.294 e. The summed E-state index contributed by atoms with van der Waals surface area (Å²) in [5, 5.41) is -0.795. The molecule has 114 valence electrons. The van der Waals surface area contributed by atoms with E-state index in [0.29, 0.717) is 31.2 Å². The molecular formula is C15H16F2O3S. The van der Waals surface area contributed by atoms with Crippen LogP contribution in [0, 0.1) is 5.92 Å². The highest BCUT2D eigenvalue weighted by Gasteiger charge is 2.48. The van der Waals surface area contributed by atoms with Gasteiger partial charge in [0.15, 0.2) is 15.6 Å². The number of fused-ring (bicyclic) bond motifs is 2. The fourth-order valence-corrected chi connectivity index (χ4v) is 5.92. The Kier molecular flexibility index (Phi) is 3.59. The summed E-state index contributed by atoms with van der Waals surface area (Å²) in [6, 6.07) is 5.34. The average Bonchev–Trinajstić information content (AvgIpc) is 2.66. The normalized spacial score (nSPS) is 30.5. The molecule has 1 aromatic rings. The number of benzene rings is 1. The van der Waals surface area contributed by atoms with Gasteiger partial charge in [-0.1, -0.05) is 24.3 Å². The summed E-state index contributed by atoms with van der Waals surface area (Å²) in [6.07, 6.45) is -0.533. The summed E-state index contributed by atoms with van der Waals surface area (Å²) in [7, 11) is -3.05. The van der Waals surface area contributed by atoms with Gasteiger partial charge in [0.1, 0.15) is 0 Å². The average molecular weight is 314 g/mol. The van der Waals surface area contributed by atoms with Crippen molar-refractivity contribution in [1.82, 2.24) is 0 Å². The molecule has 3 rings (SSSR count). The van der Waals surface area contributed by atoms with Crippen LogP contribution in [0.25, 0.3) is 0 Å². The van der Waals surface area contributed by atoms with Gasteiger partial charge in [-0.25, -0.2) is 17.2 Å². The minimum Gasteiger partial charge on any atom is -0.294 e. The Hall–Kier alpha value is -1.30. The second-order valence-electron chi connectivity index (χ2n) is 5.87. The molecule has 2 unspecified atom stereocenters. The number of rotatable bonds is 3. The Bertz CT molecular complexity index is 632. The van der Waals surface area contributed by atoms with E-state index in [-0.39, 0.29) is 17.3 Å². The topological polar surface area (TPSA) is 51.2 Å². The van der Waals surface area contributed by atoms with E-state index >= 15 is 0 Å². The lowest BCUT2D eigenvalue weighted by Crippen LogP contribution is -2.36. The van der Waals surface area contributed by atoms with E-state index in [1.54, 1.807) is 0 Å². The number of carbonyl (C=O) groups is 1. The first kappa shape index (κ1) is 14.6. The molecule has 0 aromatic heterocycles. The van der Waals surface area contributed by atoms with Gasteiger partial charge in [-0.15, -0.1) is 0 Å². The zero-order valence-electron chi connectivity index (χ0n) is 11.3. The number of alkyl halides is 2. The minimum absolute atomic E-state index is 0.113. The number of hydrogen-bond acceptors (Lipinski definition) is 3. The Morgan fingerprint density at radius 1 is 1.05 bits per heavy atom. The first-order valence-corrected chi connectivity index (χ1v) is 8.65. The van der Waals surface area contributed by atoms with Crippen molar-refractivity contribution in [2.75, 3.05) is 0 Å². The molecule has 2 heterocycles. The van der Waals surface area contributed by atoms with E-state index in [0.717, 1.165) is 0 Å². The van der Waals surface area contributed by atoms with Gasteiger partial charge in [0.25, 0.3) is 6.43 Å². The van der Waals surface area contributed by atoms with Crippen LogP contribution in [0.4, 0.5) is 8.78 Å². The summed E-state index contributed by atoms with van der Waals surface area (Å²) in [6.45, 7) is 0. The molecule has 2 bridgehead atoms. The maximum atomic E-state index is 12.5. The number of sulfone groups is 1. The van der Waals surface area contributed by atoms with E-state index in [1.807, 2.05) is 0 Å². The molecular weight excluding hydrogens is 298 g/mol. The van der Waals surface area contributed by atoms with E-state index in [1.165, 1.54) is 24.3 Å². The smallest absolute Gasteiger partial charge is 0.263 e. The lowest BCUT2D eigenvalue weighted by atomic mass is 9.90. The van der Waals surface area contributed by atoms with Gasteiger partial charge in [0.05, 0.1) is 10.5 Å². The molecule has 0 aliphatic carbocycles. The van der Waals surface area contributed by atoms with Crippen molar-refractivity contribution >= 4 is 15.6 Å². The quantitative estimate of drug-likeness (QED) is 0.805. The third-order valence-electron chi connectivity index (χ3n) is 4.65. The van der Waals surface area contributed by atoms with Crippen molar-refractivity contribution in [2.45, 2.75) is 42.6 Å². The van der Waals surface area contributed by atoms with Crippen molar-refractivity contribution in [1.29, 1.82) is 0 Å². The van der Waals surface area contributed by atoms with Crippen LogP contribution in [0.15, 0.2) is 24.3 Å². The van der Waals surface area contributed by atoms with Crippen molar-refractivity contribution in [2.24, 2.45) is 5.92 Å². The summed E-state index contributed by atoms with van der Waals surface area (Å²) >= 11 is 0. The lowest BCUT2D eigenvalue weighted by Gasteiger charge is -2.27. The molecule has 6 heteroatoms. The predicted octanol–water partition coefficient (Wildman–Crippen LogP) is 3.16. The number of hydrogen-bond donors (Lipinski definition) is 0. The molecule has 3 nitrogen and oxygen atoms in total. The van der Waals surface area contributed by atoms with Crippen molar-refractivity contribution in [3.05, 3.63) is 35.4 Å². The second kappa shape index (κ2) is 5.16. The number of carbonyl (C=O) groups excluding carboxylic acids is 1. The second-order valence-corrected chi connectivity index (χ2v) is 8.38. The van der Waals surface area contributed by atoms with Crippen LogP contribution in [0.5, 0.6) is 0 Å². The molecule has 2 fully saturated rings. The third kappa shape index (κ3) is 2.50. The van der Waals surface area contributed by atoms with Gasteiger partial charge in [0.2, 0.25) is 0 Å². The number of Topliss-reactive ketones (excluding diaryl/α,β-unsaturated/α-hetero) is 1. The molecule has 2 atom stereocenters. The van der Waals surface area contributed by atoms with Crippen LogP contribution in [0.3, 0.4) is 0 Å². The molecule has 21 heavy (non-hydrogen) atoms. The zero-order chi connectivity index (χ0) is 15.2. The van der Waals surface area contributed by atoms with Gasteiger partial charge in [0, 0.05) is 17.0 Å². The molecule has 0 amide bonds. The van der Waals surface area contributed by atoms with Gasteiger partial charge in [-0.2, -0.15) is 0 Å². The zero-order valence-corrected chi connectivity index (χ0v) is 12.2. The molecule has 0 N–H and O–H groups in total. The van der Waals surface area contributed by atoms with E-state index in [4.69, 9.17) is 0 Å². The molecule has 2 aliphatic rings. The summed E-state index contributed by atoms with van der Waals surface area (Å²) in [4.78, 5) is 12.4. The van der Waals surface area contributed by atoms with Gasteiger partial charge >= 0.3 is 0 Å². The summed E-state index contributed by atoms with van der Waals surface area (Å²) in [5.41, 5.74) is 0.279. The minimum atomic E-state index is -3.05. The lowest BCUT2D eigenvalue weighted by molar-refractivity contribution is 0.0905. The van der Waals surface area contributed by atoms with Crippen molar-refractivity contribution in [3.8, 4) is 0 Å².